The van der Waals surface area contributed by atoms with Crippen LogP contribution in [0, 0.1) is 6.92 Å². The molecule has 1 unspecified atom stereocenters. The second kappa shape index (κ2) is 10.3. The van der Waals surface area contributed by atoms with Crippen molar-refractivity contribution in [3.05, 3.63) is 69.1 Å². The second-order valence-electron chi connectivity index (χ2n) is 6.84. The SMILES string of the molecule is CCCCn1c(CCC)c(C)cc(C(=O)NC(CCl)c2ccccc2)c1=O. The number of nitrogens with zero attached hydrogens (tertiary/aromatic N) is 1. The van der Waals surface area contributed by atoms with Crippen LogP contribution in [0.4, 0.5) is 0 Å². The minimum absolute atomic E-state index is 0.189. The summed E-state index contributed by atoms with van der Waals surface area (Å²) >= 11 is 6.07. The first-order valence-corrected chi connectivity index (χ1v) is 10.2. The molecule has 0 fully saturated rings. The van der Waals surface area contributed by atoms with Crippen LogP contribution >= 0.6 is 11.6 Å². The van der Waals surface area contributed by atoms with Gasteiger partial charge >= 0.3 is 0 Å². The van der Waals surface area contributed by atoms with Gasteiger partial charge in [0.05, 0.1) is 6.04 Å². The highest BCUT2D eigenvalue weighted by atomic mass is 35.5. The zero-order valence-corrected chi connectivity index (χ0v) is 17.2. The molecule has 0 spiro atoms. The van der Waals surface area contributed by atoms with E-state index >= 15 is 0 Å². The smallest absolute Gasteiger partial charge is 0.263 e. The summed E-state index contributed by atoms with van der Waals surface area (Å²) in [7, 11) is 0. The van der Waals surface area contributed by atoms with Crippen molar-refractivity contribution in [2.75, 3.05) is 5.88 Å². The quantitative estimate of drug-likeness (QED) is 0.637. The van der Waals surface area contributed by atoms with Crippen LogP contribution in [0.2, 0.25) is 0 Å². The van der Waals surface area contributed by atoms with E-state index in [1.54, 1.807) is 10.6 Å². The Balaban J connectivity index is 2.37. The third-order valence-corrected chi connectivity index (χ3v) is 5.05. The third-order valence-electron chi connectivity index (χ3n) is 4.75. The second-order valence-corrected chi connectivity index (χ2v) is 7.15. The largest absolute Gasteiger partial charge is 0.344 e. The molecule has 5 heteroatoms. The lowest BCUT2D eigenvalue weighted by molar-refractivity contribution is 0.0938. The van der Waals surface area contributed by atoms with Crippen molar-refractivity contribution in [2.45, 2.75) is 59.0 Å². The molecule has 0 saturated carbocycles. The Bertz CT molecular complexity index is 815. The summed E-state index contributed by atoms with van der Waals surface area (Å²) in [5.41, 5.74) is 2.92. The first-order valence-electron chi connectivity index (χ1n) is 9.68. The number of benzene rings is 1. The number of pyridine rings is 1. The molecule has 4 nitrogen and oxygen atoms in total. The number of unbranched alkanes of at least 4 members (excludes halogenated alkanes) is 1. The van der Waals surface area contributed by atoms with Gasteiger partial charge in [-0.3, -0.25) is 9.59 Å². The molecule has 1 N–H and O–H groups in total. The summed E-state index contributed by atoms with van der Waals surface area (Å²) in [6, 6.07) is 11.0. The number of carbonyl (C=O) groups excluding carboxylic acids is 1. The van der Waals surface area contributed by atoms with Gasteiger partial charge < -0.3 is 9.88 Å². The number of hydrogen-bond donors (Lipinski definition) is 1. The van der Waals surface area contributed by atoms with Gasteiger partial charge in [0.25, 0.3) is 11.5 Å². The van der Waals surface area contributed by atoms with Crippen LogP contribution in [0.25, 0.3) is 0 Å². The molecular weight excluding hydrogens is 360 g/mol. The fourth-order valence-corrected chi connectivity index (χ4v) is 3.51. The number of alkyl halides is 1. The van der Waals surface area contributed by atoms with Gasteiger partial charge in [0.1, 0.15) is 5.56 Å². The summed E-state index contributed by atoms with van der Waals surface area (Å²) in [6.45, 7) is 6.81. The van der Waals surface area contributed by atoms with Gasteiger partial charge in [-0.25, -0.2) is 0 Å². The summed E-state index contributed by atoms with van der Waals surface area (Å²) in [5, 5.41) is 2.92. The molecule has 0 aliphatic heterocycles. The Morgan fingerprint density at radius 2 is 1.89 bits per heavy atom. The monoisotopic (exact) mass is 388 g/mol. The molecule has 0 aliphatic carbocycles. The van der Waals surface area contributed by atoms with Crippen LogP contribution in [0.1, 0.15) is 66.3 Å². The van der Waals surface area contributed by atoms with E-state index < -0.39 is 0 Å². The van der Waals surface area contributed by atoms with Crippen LogP contribution in [0.5, 0.6) is 0 Å². The average Bonchev–Trinajstić information content (AvgIpc) is 2.68. The van der Waals surface area contributed by atoms with Gasteiger partial charge in [-0.1, -0.05) is 57.0 Å². The van der Waals surface area contributed by atoms with Crippen molar-refractivity contribution >= 4 is 17.5 Å². The van der Waals surface area contributed by atoms with E-state index in [0.29, 0.717) is 6.54 Å². The Morgan fingerprint density at radius 1 is 1.19 bits per heavy atom. The predicted octanol–water partition coefficient (Wildman–Crippen LogP) is 4.62. The maximum Gasteiger partial charge on any atom is 0.263 e. The molecule has 146 valence electrons. The number of halogens is 1. The Labute approximate surface area is 166 Å². The zero-order chi connectivity index (χ0) is 19.8. The maximum absolute atomic E-state index is 13.0. The van der Waals surface area contributed by atoms with Crippen molar-refractivity contribution in [2.24, 2.45) is 0 Å². The molecule has 1 atom stereocenters. The highest BCUT2D eigenvalue weighted by Crippen LogP contribution is 2.16. The molecule has 0 bridgehead atoms. The van der Waals surface area contributed by atoms with E-state index in [9.17, 15) is 9.59 Å². The van der Waals surface area contributed by atoms with Gasteiger partial charge in [-0.2, -0.15) is 0 Å². The van der Waals surface area contributed by atoms with E-state index in [1.807, 2.05) is 37.3 Å². The number of rotatable bonds is 9. The molecule has 1 amide bonds. The highest BCUT2D eigenvalue weighted by molar-refractivity contribution is 6.18. The number of hydrogen-bond acceptors (Lipinski definition) is 2. The van der Waals surface area contributed by atoms with Crippen molar-refractivity contribution in [3.63, 3.8) is 0 Å². The Morgan fingerprint density at radius 3 is 2.48 bits per heavy atom. The number of amides is 1. The van der Waals surface area contributed by atoms with Gasteiger partial charge in [-0.15, -0.1) is 11.6 Å². The molecule has 1 aromatic carbocycles. The lowest BCUT2D eigenvalue weighted by atomic mass is 10.1. The van der Waals surface area contributed by atoms with Crippen LogP contribution in [-0.4, -0.2) is 16.4 Å². The fourth-order valence-electron chi connectivity index (χ4n) is 3.26. The molecule has 1 heterocycles. The minimum atomic E-state index is -0.370. The molecule has 0 radical (unpaired) electrons. The lowest BCUT2D eigenvalue weighted by Crippen LogP contribution is -2.37. The summed E-state index contributed by atoms with van der Waals surface area (Å²) < 4.78 is 1.79. The first-order chi connectivity index (χ1) is 13.0. The van der Waals surface area contributed by atoms with Crippen LogP contribution < -0.4 is 10.9 Å². The maximum atomic E-state index is 13.0. The van der Waals surface area contributed by atoms with E-state index in [1.165, 1.54) is 0 Å². The molecule has 2 rings (SSSR count). The van der Waals surface area contributed by atoms with Crippen LogP contribution in [-0.2, 0) is 13.0 Å². The molecule has 0 saturated heterocycles. The topological polar surface area (TPSA) is 51.1 Å². The van der Waals surface area contributed by atoms with Crippen molar-refractivity contribution in [3.8, 4) is 0 Å². The molecule has 1 aromatic heterocycles. The first kappa shape index (κ1) is 21.2. The van der Waals surface area contributed by atoms with Crippen molar-refractivity contribution < 1.29 is 4.79 Å². The average molecular weight is 389 g/mol. The summed E-state index contributed by atoms with van der Waals surface area (Å²) in [4.78, 5) is 25.9. The van der Waals surface area contributed by atoms with Gasteiger partial charge in [0, 0.05) is 18.1 Å². The molecule has 27 heavy (non-hydrogen) atoms. The van der Waals surface area contributed by atoms with Crippen molar-refractivity contribution in [1.29, 1.82) is 0 Å². The zero-order valence-electron chi connectivity index (χ0n) is 16.4. The third kappa shape index (κ3) is 5.23. The summed E-state index contributed by atoms with van der Waals surface area (Å²) in [6.07, 6.45) is 3.70. The van der Waals surface area contributed by atoms with E-state index in [-0.39, 0.29) is 29.0 Å². The van der Waals surface area contributed by atoms with Gasteiger partial charge in [-0.05, 0) is 37.0 Å². The molecular formula is C22H29ClN2O2. The minimum Gasteiger partial charge on any atom is -0.344 e. The van der Waals surface area contributed by atoms with E-state index in [2.05, 4.69) is 19.2 Å². The Hall–Kier alpha value is -2.07. The number of aryl methyl sites for hydroxylation is 1. The highest BCUT2D eigenvalue weighted by Gasteiger charge is 2.20. The molecule has 0 aliphatic rings. The van der Waals surface area contributed by atoms with E-state index in [0.717, 1.165) is 42.5 Å². The normalized spacial score (nSPS) is 12.0. The van der Waals surface area contributed by atoms with Gasteiger partial charge in [0.15, 0.2) is 0 Å². The fraction of sp³-hybridized carbons (Fsp3) is 0.455. The van der Waals surface area contributed by atoms with E-state index in [4.69, 9.17) is 11.6 Å². The molecule has 2 aromatic rings. The van der Waals surface area contributed by atoms with Crippen LogP contribution in [0.15, 0.2) is 41.2 Å². The predicted molar refractivity (Wildman–Crippen MR) is 112 cm³/mol. The van der Waals surface area contributed by atoms with Crippen molar-refractivity contribution in [1.82, 2.24) is 9.88 Å². The van der Waals surface area contributed by atoms with Crippen LogP contribution in [0.3, 0.4) is 0 Å². The summed E-state index contributed by atoms with van der Waals surface area (Å²) in [5.74, 6) is -0.127. The standard InChI is InChI=1S/C22H29ClN2O2/c1-4-6-13-25-20(10-5-2)16(3)14-18(22(25)27)21(26)24-19(15-23)17-11-8-7-9-12-17/h7-9,11-12,14,19H,4-6,10,13,15H2,1-3H3,(H,24,26). The van der Waals surface area contributed by atoms with Gasteiger partial charge in [0.2, 0.25) is 0 Å². The Kier molecular flexibility index (Phi) is 8.11. The number of aromatic nitrogens is 1. The lowest BCUT2D eigenvalue weighted by Gasteiger charge is -2.19. The number of carbonyl (C=O) groups is 1. The number of nitrogens with one attached hydrogen (secondary N) is 1.